The lowest BCUT2D eigenvalue weighted by molar-refractivity contribution is 0.420. The van der Waals surface area contributed by atoms with Crippen molar-refractivity contribution in [3.05, 3.63) is 28.9 Å². The third-order valence-electron chi connectivity index (χ3n) is 3.02. The van der Waals surface area contributed by atoms with E-state index in [1.807, 2.05) is 12.1 Å². The molecule has 0 aliphatic heterocycles. The van der Waals surface area contributed by atoms with Gasteiger partial charge in [0, 0.05) is 11.1 Å². The van der Waals surface area contributed by atoms with Crippen LogP contribution in [0.15, 0.2) is 18.2 Å². The number of nitrogens with zero attached hydrogens (tertiary/aromatic N) is 1. The number of halogens is 1. The summed E-state index contributed by atoms with van der Waals surface area (Å²) in [5, 5.41) is 1.38. The zero-order valence-corrected chi connectivity index (χ0v) is 12.3. The largest absolute Gasteiger partial charge is 0.496 e. The number of nitrogen functional groups attached to an aromatic ring is 1. The first kappa shape index (κ1) is 13.9. The second-order valence-corrected chi connectivity index (χ2v) is 5.83. The lowest BCUT2D eigenvalue weighted by Gasteiger charge is -2.21. The van der Waals surface area contributed by atoms with Crippen molar-refractivity contribution in [2.45, 2.75) is 26.2 Å². The van der Waals surface area contributed by atoms with Crippen LogP contribution in [0.25, 0.3) is 10.9 Å². The van der Waals surface area contributed by atoms with Gasteiger partial charge in [0.15, 0.2) is 0 Å². The molecule has 0 fully saturated rings. The number of hydrogen-bond donors (Lipinski definition) is 2. The first-order valence-corrected chi connectivity index (χ1v) is 6.40. The summed E-state index contributed by atoms with van der Waals surface area (Å²) in [5.74, 6) is 6.32. The van der Waals surface area contributed by atoms with Gasteiger partial charge in [0.25, 0.3) is 0 Å². The highest BCUT2D eigenvalue weighted by Gasteiger charge is 2.20. The highest BCUT2D eigenvalue weighted by molar-refractivity contribution is 6.35. The number of nitrogens with one attached hydrogen (secondary N) is 1. The van der Waals surface area contributed by atoms with Crippen LogP contribution in [0.5, 0.6) is 5.75 Å². The summed E-state index contributed by atoms with van der Waals surface area (Å²) in [5.41, 5.74) is 4.99. The molecule has 19 heavy (non-hydrogen) atoms. The molecule has 0 radical (unpaired) electrons. The van der Waals surface area contributed by atoms with Crippen LogP contribution in [-0.2, 0) is 5.41 Å². The van der Waals surface area contributed by atoms with Crippen LogP contribution in [-0.4, -0.2) is 12.1 Å². The Hall–Kier alpha value is -1.52. The van der Waals surface area contributed by atoms with E-state index in [2.05, 4.69) is 31.2 Å². The SMILES string of the molecule is COc1ccc(Cl)c2nc(C(C)(C)C)cc(NN)c12. The Bertz CT molecular complexity index is 620. The summed E-state index contributed by atoms with van der Waals surface area (Å²) < 4.78 is 5.36. The lowest BCUT2D eigenvalue weighted by Crippen LogP contribution is -2.16. The van der Waals surface area contributed by atoms with Gasteiger partial charge in [0.2, 0.25) is 0 Å². The van der Waals surface area contributed by atoms with Gasteiger partial charge < -0.3 is 10.2 Å². The van der Waals surface area contributed by atoms with E-state index in [9.17, 15) is 0 Å². The number of nitrogens with two attached hydrogens (primary N) is 1. The molecule has 0 aliphatic rings. The number of fused-ring (bicyclic) bond motifs is 1. The van der Waals surface area contributed by atoms with Crippen molar-refractivity contribution in [2.75, 3.05) is 12.5 Å². The molecule has 2 rings (SSSR count). The van der Waals surface area contributed by atoms with Gasteiger partial charge in [-0.25, -0.2) is 0 Å². The monoisotopic (exact) mass is 279 g/mol. The molecule has 102 valence electrons. The predicted octanol–water partition coefficient (Wildman–Crippen LogP) is 3.48. The second kappa shape index (κ2) is 4.87. The van der Waals surface area contributed by atoms with Crippen molar-refractivity contribution >= 4 is 28.2 Å². The smallest absolute Gasteiger partial charge is 0.130 e. The van der Waals surface area contributed by atoms with Crippen molar-refractivity contribution in [1.29, 1.82) is 0 Å². The molecule has 0 amide bonds. The van der Waals surface area contributed by atoms with E-state index in [-0.39, 0.29) is 5.41 Å². The summed E-state index contributed by atoms with van der Waals surface area (Å²) in [4.78, 5) is 4.66. The fourth-order valence-corrected chi connectivity index (χ4v) is 2.15. The van der Waals surface area contributed by atoms with Crippen LogP contribution in [0.3, 0.4) is 0 Å². The van der Waals surface area contributed by atoms with Gasteiger partial charge in [-0.15, -0.1) is 0 Å². The fraction of sp³-hybridized carbons (Fsp3) is 0.357. The molecule has 0 atom stereocenters. The summed E-state index contributed by atoms with van der Waals surface area (Å²) in [6.07, 6.45) is 0. The summed E-state index contributed by atoms with van der Waals surface area (Å²) in [7, 11) is 1.61. The number of hydrazine groups is 1. The molecule has 0 aliphatic carbocycles. The molecule has 0 spiro atoms. The summed E-state index contributed by atoms with van der Waals surface area (Å²) in [6.45, 7) is 6.28. The molecule has 0 bridgehead atoms. The van der Waals surface area contributed by atoms with Crippen molar-refractivity contribution in [3.63, 3.8) is 0 Å². The average Bonchev–Trinajstić information content (AvgIpc) is 2.37. The van der Waals surface area contributed by atoms with Crippen molar-refractivity contribution in [1.82, 2.24) is 4.98 Å². The second-order valence-electron chi connectivity index (χ2n) is 5.42. The Balaban J connectivity index is 2.88. The van der Waals surface area contributed by atoms with Gasteiger partial charge in [-0.2, -0.15) is 0 Å². The van der Waals surface area contributed by atoms with E-state index >= 15 is 0 Å². The van der Waals surface area contributed by atoms with Crippen LogP contribution >= 0.6 is 11.6 Å². The minimum atomic E-state index is -0.0911. The predicted molar refractivity (Wildman–Crippen MR) is 79.8 cm³/mol. The third kappa shape index (κ3) is 2.46. The minimum absolute atomic E-state index is 0.0911. The van der Waals surface area contributed by atoms with Gasteiger partial charge in [0.1, 0.15) is 5.75 Å². The molecule has 4 nitrogen and oxygen atoms in total. The van der Waals surface area contributed by atoms with Crippen molar-refractivity contribution in [3.8, 4) is 5.75 Å². The first-order chi connectivity index (χ1) is 8.88. The molecule has 1 aromatic heterocycles. The van der Waals surface area contributed by atoms with E-state index < -0.39 is 0 Å². The Morgan fingerprint density at radius 1 is 1.32 bits per heavy atom. The normalized spacial score (nSPS) is 11.7. The van der Waals surface area contributed by atoms with Crippen LogP contribution in [0, 0.1) is 0 Å². The number of benzene rings is 1. The fourth-order valence-electron chi connectivity index (χ4n) is 1.95. The van der Waals surface area contributed by atoms with E-state index in [1.165, 1.54) is 0 Å². The summed E-state index contributed by atoms with van der Waals surface area (Å²) >= 11 is 6.25. The highest BCUT2D eigenvalue weighted by Crippen LogP contribution is 2.37. The minimum Gasteiger partial charge on any atom is -0.496 e. The topological polar surface area (TPSA) is 60.2 Å². The molecule has 0 saturated heterocycles. The van der Waals surface area contributed by atoms with Gasteiger partial charge in [-0.1, -0.05) is 32.4 Å². The Kier molecular flexibility index (Phi) is 3.56. The van der Waals surface area contributed by atoms with Crippen LogP contribution in [0.4, 0.5) is 5.69 Å². The number of methoxy groups -OCH3 is 1. The maximum Gasteiger partial charge on any atom is 0.130 e. The van der Waals surface area contributed by atoms with E-state index in [1.54, 1.807) is 13.2 Å². The van der Waals surface area contributed by atoms with Gasteiger partial charge in [-0.05, 0) is 18.2 Å². The number of rotatable bonds is 2. The van der Waals surface area contributed by atoms with Gasteiger partial charge in [-0.3, -0.25) is 10.8 Å². The molecule has 1 heterocycles. The van der Waals surface area contributed by atoms with Crippen LogP contribution in [0.1, 0.15) is 26.5 Å². The Morgan fingerprint density at radius 2 is 2.00 bits per heavy atom. The lowest BCUT2D eigenvalue weighted by atomic mass is 9.90. The quantitative estimate of drug-likeness (QED) is 0.653. The molecular formula is C14H18ClN3O. The Labute approximate surface area is 117 Å². The first-order valence-electron chi connectivity index (χ1n) is 6.03. The van der Waals surface area contributed by atoms with E-state index in [4.69, 9.17) is 22.2 Å². The molecule has 0 saturated carbocycles. The van der Waals surface area contributed by atoms with E-state index in [0.717, 1.165) is 16.8 Å². The number of anilines is 1. The molecule has 0 unspecified atom stereocenters. The maximum absolute atomic E-state index is 6.25. The Morgan fingerprint density at radius 3 is 2.53 bits per heavy atom. The van der Waals surface area contributed by atoms with Gasteiger partial charge >= 0.3 is 0 Å². The summed E-state index contributed by atoms with van der Waals surface area (Å²) in [6, 6.07) is 5.52. The maximum atomic E-state index is 6.25. The van der Waals surface area contributed by atoms with Crippen LogP contribution < -0.4 is 16.0 Å². The number of ether oxygens (including phenoxy) is 1. The molecular weight excluding hydrogens is 262 g/mol. The van der Waals surface area contributed by atoms with Crippen LogP contribution in [0.2, 0.25) is 5.02 Å². The molecule has 2 aromatic rings. The van der Waals surface area contributed by atoms with Crippen molar-refractivity contribution < 1.29 is 4.74 Å². The number of pyridine rings is 1. The standard InChI is InChI=1S/C14H18ClN3O/c1-14(2,3)11-7-9(18-16)12-10(19-4)6-5-8(15)13(12)17-11/h5-7H,16H2,1-4H3,(H,17,18). The number of aromatic nitrogens is 1. The van der Waals surface area contributed by atoms with Gasteiger partial charge in [0.05, 0.1) is 28.7 Å². The molecule has 5 heteroatoms. The molecule has 1 aromatic carbocycles. The van der Waals surface area contributed by atoms with E-state index in [0.29, 0.717) is 16.3 Å². The third-order valence-corrected chi connectivity index (χ3v) is 3.32. The zero-order chi connectivity index (χ0) is 14.2. The average molecular weight is 280 g/mol. The zero-order valence-electron chi connectivity index (χ0n) is 11.5. The highest BCUT2D eigenvalue weighted by atomic mass is 35.5. The van der Waals surface area contributed by atoms with Crippen molar-refractivity contribution in [2.24, 2.45) is 5.84 Å². The molecule has 3 N–H and O–H groups in total. The number of hydrogen-bond acceptors (Lipinski definition) is 4.